The summed E-state index contributed by atoms with van der Waals surface area (Å²) in [6.45, 7) is 2.60. The predicted molar refractivity (Wildman–Crippen MR) is 58.9 cm³/mol. The second kappa shape index (κ2) is 2.79. The average Bonchev–Trinajstić information content (AvgIpc) is 2.70. The highest BCUT2D eigenvalue weighted by Crippen LogP contribution is 2.38. The number of guanidine groups is 2. The van der Waals surface area contributed by atoms with Crippen LogP contribution >= 0.6 is 0 Å². The number of aliphatic hydroxyl groups is 1. The minimum atomic E-state index is -0.703. The van der Waals surface area contributed by atoms with Crippen LogP contribution in [0.1, 0.15) is 13.3 Å². The molecular weight excluding hydrogens is 208 g/mol. The summed E-state index contributed by atoms with van der Waals surface area (Å²) in [5.41, 5.74) is 5.02. The van der Waals surface area contributed by atoms with E-state index >= 15 is 0 Å². The van der Waals surface area contributed by atoms with Gasteiger partial charge in [0.05, 0.1) is 12.1 Å². The van der Waals surface area contributed by atoms with Crippen molar-refractivity contribution in [3.05, 3.63) is 0 Å². The number of rotatable bonds is 0. The summed E-state index contributed by atoms with van der Waals surface area (Å²) in [5, 5.41) is 24.2. The molecule has 3 heterocycles. The SMILES string of the molecule is C[C@@H]1NC(=N)N2CC[C@@H](O)[C@]23NC(N)=N[C@@H]13. The maximum atomic E-state index is 10.2. The molecule has 7 heteroatoms. The lowest BCUT2D eigenvalue weighted by atomic mass is 9.89. The molecule has 0 aliphatic carbocycles. The van der Waals surface area contributed by atoms with Gasteiger partial charge in [0, 0.05) is 6.54 Å². The van der Waals surface area contributed by atoms with Gasteiger partial charge in [0.1, 0.15) is 6.04 Å². The van der Waals surface area contributed by atoms with Crippen LogP contribution in [0.5, 0.6) is 0 Å². The average molecular weight is 224 g/mol. The molecule has 4 atom stereocenters. The van der Waals surface area contributed by atoms with Gasteiger partial charge in [0.15, 0.2) is 17.6 Å². The Morgan fingerprint density at radius 2 is 2.44 bits per heavy atom. The first kappa shape index (κ1) is 9.71. The van der Waals surface area contributed by atoms with Crippen LogP contribution in [0, 0.1) is 5.41 Å². The van der Waals surface area contributed by atoms with Crippen molar-refractivity contribution in [2.75, 3.05) is 6.54 Å². The standard InChI is InChI=1S/C9H16N6O/c1-4-6-9(14-7(10)13-6)5(16)2-3-15(9)8(11)12-4/h4-6,16H,2-3H2,1H3,(H2,11,12)(H3,10,13,14)/t4-,5+,6-,9-/m0/s1. The van der Waals surface area contributed by atoms with E-state index in [-0.39, 0.29) is 12.1 Å². The summed E-state index contributed by atoms with van der Waals surface area (Å²) < 4.78 is 0. The summed E-state index contributed by atoms with van der Waals surface area (Å²) in [6, 6.07) is -0.163. The van der Waals surface area contributed by atoms with Gasteiger partial charge in [0.25, 0.3) is 0 Å². The normalized spacial score (nSPS) is 45.6. The molecule has 16 heavy (non-hydrogen) atoms. The Kier molecular flexibility index (Phi) is 1.69. The fourth-order valence-electron chi connectivity index (χ4n) is 3.07. The van der Waals surface area contributed by atoms with Crippen molar-refractivity contribution in [2.24, 2.45) is 10.7 Å². The maximum absolute atomic E-state index is 10.2. The molecule has 0 aromatic carbocycles. The molecule has 2 saturated heterocycles. The quantitative estimate of drug-likeness (QED) is 0.326. The Labute approximate surface area is 93.2 Å². The molecule has 0 unspecified atom stereocenters. The third kappa shape index (κ3) is 0.915. The van der Waals surface area contributed by atoms with Gasteiger partial charge in [-0.2, -0.15) is 0 Å². The molecule has 0 bridgehead atoms. The molecule has 0 radical (unpaired) electrons. The first-order valence-electron chi connectivity index (χ1n) is 5.48. The van der Waals surface area contributed by atoms with Gasteiger partial charge >= 0.3 is 0 Å². The number of nitrogens with one attached hydrogen (secondary N) is 3. The van der Waals surface area contributed by atoms with E-state index < -0.39 is 11.8 Å². The van der Waals surface area contributed by atoms with Gasteiger partial charge in [-0.05, 0) is 13.3 Å². The number of nitrogens with two attached hydrogens (primary N) is 1. The van der Waals surface area contributed by atoms with Crippen LogP contribution in [0.15, 0.2) is 4.99 Å². The summed E-state index contributed by atoms with van der Waals surface area (Å²) in [7, 11) is 0. The fraction of sp³-hybridized carbons (Fsp3) is 0.778. The minimum absolute atomic E-state index is 0.00921. The highest BCUT2D eigenvalue weighted by Gasteiger charge is 2.61. The van der Waals surface area contributed by atoms with Crippen molar-refractivity contribution in [3.8, 4) is 0 Å². The van der Waals surface area contributed by atoms with Crippen LogP contribution in [-0.4, -0.2) is 52.3 Å². The molecule has 0 saturated carbocycles. The van der Waals surface area contributed by atoms with Crippen LogP contribution in [0.3, 0.4) is 0 Å². The molecule has 0 amide bonds. The fourth-order valence-corrected chi connectivity index (χ4v) is 3.07. The zero-order valence-corrected chi connectivity index (χ0v) is 9.07. The predicted octanol–water partition coefficient (Wildman–Crippen LogP) is -2.04. The molecule has 0 aromatic heterocycles. The van der Waals surface area contributed by atoms with Crippen LogP contribution in [0.2, 0.25) is 0 Å². The van der Waals surface area contributed by atoms with Crippen molar-refractivity contribution in [3.63, 3.8) is 0 Å². The second-order valence-electron chi connectivity index (χ2n) is 4.65. The number of aliphatic hydroxyl groups excluding tert-OH is 1. The molecular formula is C9H16N6O. The van der Waals surface area contributed by atoms with E-state index in [0.29, 0.717) is 24.9 Å². The minimum Gasteiger partial charge on any atom is -0.389 e. The molecule has 3 aliphatic heterocycles. The topological polar surface area (TPSA) is 110 Å². The lowest BCUT2D eigenvalue weighted by Gasteiger charge is -2.48. The Balaban J connectivity index is 2.08. The van der Waals surface area contributed by atoms with Crippen LogP contribution < -0.4 is 16.4 Å². The molecule has 0 aromatic rings. The van der Waals surface area contributed by atoms with Crippen molar-refractivity contribution in [2.45, 2.75) is 37.2 Å². The Morgan fingerprint density at radius 3 is 3.19 bits per heavy atom. The number of hydrogen-bond donors (Lipinski definition) is 5. The highest BCUT2D eigenvalue weighted by molar-refractivity contribution is 5.86. The summed E-state index contributed by atoms with van der Waals surface area (Å²) in [6.07, 6.45) is 0.0792. The smallest absolute Gasteiger partial charge is 0.193 e. The van der Waals surface area contributed by atoms with E-state index in [9.17, 15) is 5.11 Å². The van der Waals surface area contributed by atoms with E-state index in [1.54, 1.807) is 0 Å². The first-order valence-corrected chi connectivity index (χ1v) is 5.48. The van der Waals surface area contributed by atoms with E-state index in [2.05, 4.69) is 15.6 Å². The van der Waals surface area contributed by atoms with E-state index in [1.165, 1.54) is 0 Å². The third-order valence-electron chi connectivity index (χ3n) is 3.75. The lowest BCUT2D eigenvalue weighted by molar-refractivity contribution is 0.0164. The van der Waals surface area contributed by atoms with Gasteiger partial charge in [-0.15, -0.1) is 0 Å². The summed E-state index contributed by atoms with van der Waals surface area (Å²) in [4.78, 5) is 6.16. The van der Waals surface area contributed by atoms with Crippen molar-refractivity contribution < 1.29 is 5.11 Å². The summed E-state index contributed by atoms with van der Waals surface area (Å²) >= 11 is 0. The van der Waals surface area contributed by atoms with Crippen LogP contribution in [0.25, 0.3) is 0 Å². The van der Waals surface area contributed by atoms with Crippen LogP contribution in [0.4, 0.5) is 0 Å². The second-order valence-corrected chi connectivity index (χ2v) is 4.65. The molecule has 3 aliphatic rings. The molecule has 1 spiro atoms. The third-order valence-corrected chi connectivity index (χ3v) is 3.75. The first-order chi connectivity index (χ1) is 7.55. The van der Waals surface area contributed by atoms with Crippen molar-refractivity contribution in [1.29, 1.82) is 5.41 Å². The van der Waals surface area contributed by atoms with Gasteiger partial charge in [-0.25, -0.2) is 4.99 Å². The molecule has 88 valence electrons. The van der Waals surface area contributed by atoms with E-state index in [1.807, 2.05) is 11.8 Å². The molecule has 3 rings (SSSR count). The molecule has 2 fully saturated rings. The zero-order chi connectivity index (χ0) is 11.5. The Morgan fingerprint density at radius 1 is 1.69 bits per heavy atom. The van der Waals surface area contributed by atoms with Crippen molar-refractivity contribution >= 4 is 11.9 Å². The molecule has 7 nitrogen and oxygen atoms in total. The number of nitrogens with zero attached hydrogens (tertiary/aromatic N) is 2. The Hall–Kier alpha value is -1.50. The van der Waals surface area contributed by atoms with E-state index in [4.69, 9.17) is 11.1 Å². The summed E-state index contributed by atoms with van der Waals surface area (Å²) in [5.74, 6) is 0.678. The zero-order valence-electron chi connectivity index (χ0n) is 9.07. The highest BCUT2D eigenvalue weighted by atomic mass is 16.3. The number of aliphatic imine (C=N–C) groups is 1. The maximum Gasteiger partial charge on any atom is 0.193 e. The van der Waals surface area contributed by atoms with E-state index in [0.717, 1.165) is 0 Å². The van der Waals surface area contributed by atoms with Gasteiger partial charge < -0.3 is 26.4 Å². The lowest BCUT2D eigenvalue weighted by Crippen LogP contribution is -2.75. The van der Waals surface area contributed by atoms with Crippen LogP contribution in [-0.2, 0) is 0 Å². The van der Waals surface area contributed by atoms with Gasteiger partial charge in [-0.3, -0.25) is 5.41 Å². The van der Waals surface area contributed by atoms with Crippen molar-refractivity contribution in [1.82, 2.24) is 15.5 Å². The monoisotopic (exact) mass is 224 g/mol. The number of hydrogen-bond acceptors (Lipinski definition) is 5. The van der Waals surface area contributed by atoms with Gasteiger partial charge in [0.2, 0.25) is 0 Å². The Bertz CT molecular complexity index is 382. The largest absolute Gasteiger partial charge is 0.389 e. The van der Waals surface area contributed by atoms with Gasteiger partial charge in [-0.1, -0.05) is 0 Å². The molecule has 6 N–H and O–H groups in total.